The number of nitrogens with zero attached hydrogens (tertiary/aromatic N) is 3. The summed E-state index contributed by atoms with van der Waals surface area (Å²) in [6, 6.07) is 6.74. The molecule has 0 saturated carbocycles. The first-order valence-corrected chi connectivity index (χ1v) is 11.9. The van der Waals surface area contributed by atoms with Crippen molar-refractivity contribution in [2.75, 3.05) is 26.2 Å². The molecule has 2 saturated heterocycles. The van der Waals surface area contributed by atoms with Crippen molar-refractivity contribution in [1.82, 2.24) is 25.1 Å². The molecule has 9 nitrogen and oxygen atoms in total. The second-order valence-corrected chi connectivity index (χ2v) is 9.14. The molecule has 0 aromatic carbocycles. The molecule has 2 aromatic heterocycles. The van der Waals surface area contributed by atoms with Crippen LogP contribution in [0.25, 0.3) is 11.0 Å². The van der Waals surface area contributed by atoms with E-state index in [-0.39, 0.29) is 43.8 Å². The number of carbonyl (C=O) groups excluding carboxylic acids is 2. The molecule has 2 aliphatic heterocycles. The number of nitrogens with two attached hydrogens (primary N) is 1. The molecular weight excluding hydrogens is 522 g/mol. The number of pyridine rings is 2. The molecule has 2 amide bonds. The van der Waals surface area contributed by atoms with Crippen molar-refractivity contribution in [3.63, 3.8) is 0 Å². The van der Waals surface area contributed by atoms with E-state index in [2.05, 4.69) is 15.3 Å². The lowest BCUT2D eigenvalue weighted by Crippen LogP contribution is -2.48. The molecule has 4 N–H and O–H groups in total. The van der Waals surface area contributed by atoms with Crippen LogP contribution < -0.4 is 16.6 Å². The van der Waals surface area contributed by atoms with Crippen molar-refractivity contribution >= 4 is 22.8 Å². The average Bonchev–Trinajstić information content (AvgIpc) is 2.86. The van der Waals surface area contributed by atoms with E-state index in [4.69, 9.17) is 5.73 Å². The van der Waals surface area contributed by atoms with Gasteiger partial charge in [0.1, 0.15) is 5.65 Å². The van der Waals surface area contributed by atoms with Gasteiger partial charge < -0.3 is 25.8 Å². The normalized spacial score (nSPS) is 17.8. The van der Waals surface area contributed by atoms with Gasteiger partial charge in [-0.3, -0.25) is 14.4 Å². The molecule has 15 heteroatoms. The Kier molecular flexibility index (Phi) is 9.35. The Morgan fingerprint density at radius 1 is 0.895 bits per heavy atom. The van der Waals surface area contributed by atoms with E-state index in [1.807, 2.05) is 12.1 Å². The smallest absolute Gasteiger partial charge is 0.335 e. The van der Waals surface area contributed by atoms with Gasteiger partial charge in [-0.25, -0.2) is 4.98 Å². The van der Waals surface area contributed by atoms with Crippen LogP contribution in [-0.2, 0) is 16.1 Å². The number of hydrogen-bond acceptors (Lipinski definition) is 6. The topological polar surface area (TPSA) is 124 Å². The number of aromatic nitrogens is 2. The average molecular weight is 551 g/mol. The molecule has 0 atom stereocenters. The Bertz CT molecular complexity index is 1170. The highest BCUT2D eigenvalue weighted by Crippen LogP contribution is 2.22. The zero-order valence-corrected chi connectivity index (χ0v) is 20.2. The van der Waals surface area contributed by atoms with Gasteiger partial charge in [-0.15, -0.1) is 0 Å². The third-order valence-electron chi connectivity index (χ3n) is 6.31. The Hall–Kier alpha value is -3.20. The first-order chi connectivity index (χ1) is 17.7. The number of H-pyrrole nitrogens is 1. The summed E-state index contributed by atoms with van der Waals surface area (Å²) in [7, 11) is 0. The van der Waals surface area contributed by atoms with E-state index < -0.39 is 24.2 Å². The van der Waals surface area contributed by atoms with Crippen LogP contribution in [0.2, 0.25) is 0 Å². The van der Waals surface area contributed by atoms with Crippen LogP contribution in [0.15, 0.2) is 29.1 Å². The van der Waals surface area contributed by atoms with E-state index in [9.17, 15) is 40.7 Å². The van der Waals surface area contributed by atoms with Crippen molar-refractivity contribution < 1.29 is 35.9 Å². The maximum absolute atomic E-state index is 12.4. The van der Waals surface area contributed by atoms with E-state index in [0.717, 1.165) is 20.9 Å². The first-order valence-electron chi connectivity index (χ1n) is 11.9. The van der Waals surface area contributed by atoms with E-state index >= 15 is 0 Å². The summed E-state index contributed by atoms with van der Waals surface area (Å²) >= 11 is 0. The molecule has 2 aliphatic rings. The summed E-state index contributed by atoms with van der Waals surface area (Å²) in [6.07, 6.45) is -7.77. The van der Waals surface area contributed by atoms with Gasteiger partial charge in [0.05, 0.1) is 5.69 Å². The monoisotopic (exact) mass is 550 g/mol. The Balaban J connectivity index is 0.000000260. The van der Waals surface area contributed by atoms with Gasteiger partial charge in [-0.2, -0.15) is 26.3 Å². The number of nitrogens with one attached hydrogen (secondary N) is 2. The van der Waals surface area contributed by atoms with Crippen LogP contribution in [0.3, 0.4) is 0 Å². The molecule has 0 unspecified atom stereocenters. The standard InChI is InChI=1S/C16H17F3N4O2.C7H11F3N2O/c17-16(18,19)15(25)23-7-5-11(6-8-23)20-9-12-3-1-10-2-4-13(24)22-14(10)21-12;8-7(9,10)6(13)12-3-1-5(11)2-4-12/h1-4,11,20H,5-9H2,(H,21,22,24);5H,1-4,11H2. The Morgan fingerprint density at radius 3 is 1.92 bits per heavy atom. The van der Waals surface area contributed by atoms with Crippen LogP contribution in [0.5, 0.6) is 0 Å². The lowest BCUT2D eigenvalue weighted by Gasteiger charge is -2.32. The lowest BCUT2D eigenvalue weighted by molar-refractivity contribution is -0.186. The summed E-state index contributed by atoms with van der Waals surface area (Å²) in [4.78, 5) is 41.9. The molecule has 4 rings (SSSR count). The zero-order chi connectivity index (χ0) is 28.1. The number of alkyl halides is 6. The third kappa shape index (κ3) is 8.15. The number of amides is 2. The number of carbonyl (C=O) groups is 2. The molecule has 0 bridgehead atoms. The van der Waals surface area contributed by atoms with Gasteiger partial charge in [0.2, 0.25) is 5.56 Å². The van der Waals surface area contributed by atoms with Crippen molar-refractivity contribution in [1.29, 1.82) is 0 Å². The molecule has 4 heterocycles. The summed E-state index contributed by atoms with van der Waals surface area (Å²) < 4.78 is 73.0. The first kappa shape index (κ1) is 29.4. The minimum Gasteiger partial charge on any atom is -0.335 e. The number of piperidine rings is 2. The quantitative estimate of drug-likeness (QED) is 0.503. The van der Waals surface area contributed by atoms with Gasteiger partial charge in [0, 0.05) is 56.3 Å². The molecule has 38 heavy (non-hydrogen) atoms. The third-order valence-corrected chi connectivity index (χ3v) is 6.31. The summed E-state index contributed by atoms with van der Waals surface area (Å²) in [5.74, 6) is -3.52. The largest absolute Gasteiger partial charge is 0.471 e. The van der Waals surface area contributed by atoms with Gasteiger partial charge in [0.15, 0.2) is 0 Å². The summed E-state index contributed by atoms with van der Waals surface area (Å²) in [5, 5.41) is 4.06. The Morgan fingerprint density at radius 2 is 1.39 bits per heavy atom. The molecule has 210 valence electrons. The van der Waals surface area contributed by atoms with E-state index in [1.165, 1.54) is 6.07 Å². The maximum Gasteiger partial charge on any atom is 0.471 e. The van der Waals surface area contributed by atoms with E-state index in [0.29, 0.717) is 37.9 Å². The van der Waals surface area contributed by atoms with Gasteiger partial charge >= 0.3 is 24.2 Å². The zero-order valence-electron chi connectivity index (χ0n) is 20.2. The highest BCUT2D eigenvalue weighted by atomic mass is 19.4. The maximum atomic E-state index is 12.4. The molecule has 0 radical (unpaired) electrons. The number of likely N-dealkylation sites (tertiary alicyclic amines) is 2. The fourth-order valence-electron chi connectivity index (χ4n) is 4.16. The molecular formula is C23H28F6N6O3. The van der Waals surface area contributed by atoms with Crippen LogP contribution in [0, 0.1) is 0 Å². The Labute approximate surface area is 213 Å². The van der Waals surface area contributed by atoms with Crippen LogP contribution in [-0.4, -0.2) is 82.2 Å². The minimum atomic E-state index is -4.81. The van der Waals surface area contributed by atoms with Crippen molar-refractivity contribution in [2.24, 2.45) is 5.73 Å². The summed E-state index contributed by atoms with van der Waals surface area (Å²) in [6.45, 7) is 0.812. The lowest BCUT2D eigenvalue weighted by atomic mass is 10.0. The van der Waals surface area contributed by atoms with Gasteiger partial charge in [-0.1, -0.05) is 0 Å². The fraction of sp³-hybridized carbons (Fsp3) is 0.565. The predicted molar refractivity (Wildman–Crippen MR) is 125 cm³/mol. The van der Waals surface area contributed by atoms with Crippen LogP contribution in [0.4, 0.5) is 26.3 Å². The SMILES string of the molecule is NC1CCN(C(=O)C(F)(F)F)CC1.O=C(N1CCC(NCc2ccc3ccc(=O)[nH]c3n2)CC1)C(F)(F)F. The molecule has 2 fully saturated rings. The highest BCUT2D eigenvalue weighted by Gasteiger charge is 2.44. The number of halogens is 6. The molecule has 0 spiro atoms. The van der Waals surface area contributed by atoms with Crippen molar-refractivity contribution in [3.05, 3.63) is 40.3 Å². The number of fused-ring (bicyclic) bond motifs is 1. The van der Waals surface area contributed by atoms with Crippen molar-refractivity contribution in [2.45, 2.75) is 56.7 Å². The highest BCUT2D eigenvalue weighted by molar-refractivity contribution is 5.82. The van der Waals surface area contributed by atoms with Gasteiger partial charge in [0.25, 0.3) is 0 Å². The fourth-order valence-corrected chi connectivity index (χ4v) is 4.16. The van der Waals surface area contributed by atoms with Crippen molar-refractivity contribution in [3.8, 4) is 0 Å². The molecule has 2 aromatic rings. The van der Waals surface area contributed by atoms with Gasteiger partial charge in [-0.05, 0) is 43.9 Å². The number of hydrogen-bond donors (Lipinski definition) is 3. The van der Waals surface area contributed by atoms with Crippen LogP contribution in [0.1, 0.15) is 31.4 Å². The van der Waals surface area contributed by atoms with E-state index in [1.54, 1.807) is 6.07 Å². The number of aromatic amines is 1. The summed E-state index contributed by atoms with van der Waals surface area (Å²) in [5.41, 5.74) is 6.48. The van der Waals surface area contributed by atoms with Crippen LogP contribution >= 0.6 is 0 Å². The second-order valence-electron chi connectivity index (χ2n) is 9.14. The second kappa shape index (κ2) is 12.1. The number of rotatable bonds is 3. The predicted octanol–water partition coefficient (Wildman–Crippen LogP) is 2.06. The molecule has 0 aliphatic carbocycles. The minimum absolute atomic E-state index is 0.0182.